The van der Waals surface area contributed by atoms with Crippen molar-refractivity contribution in [3.05, 3.63) is 82.1 Å². The predicted octanol–water partition coefficient (Wildman–Crippen LogP) is 5.04. The van der Waals surface area contributed by atoms with E-state index in [0.717, 1.165) is 29.5 Å². The standard InChI is InChI=1S/C20H19ClFNO/c1-13(14-6-7-14)12-19(24)23-20(15-8-10-16(22)11-9-15)17-4-2-3-5-18(17)21/h2-5,8-12,14,20H,6-7H2,1H3,(H,23,24). The van der Waals surface area contributed by atoms with Gasteiger partial charge in [0.25, 0.3) is 0 Å². The summed E-state index contributed by atoms with van der Waals surface area (Å²) < 4.78 is 13.2. The first kappa shape index (κ1) is 16.7. The van der Waals surface area contributed by atoms with Crippen molar-refractivity contribution in [1.29, 1.82) is 0 Å². The van der Waals surface area contributed by atoms with E-state index in [0.29, 0.717) is 10.9 Å². The van der Waals surface area contributed by atoms with Gasteiger partial charge in [0.1, 0.15) is 5.82 Å². The van der Waals surface area contributed by atoms with Gasteiger partial charge in [0.05, 0.1) is 6.04 Å². The van der Waals surface area contributed by atoms with Gasteiger partial charge < -0.3 is 5.32 Å². The first-order valence-corrected chi connectivity index (χ1v) is 8.41. The molecule has 0 heterocycles. The monoisotopic (exact) mass is 343 g/mol. The molecular weight excluding hydrogens is 325 g/mol. The molecule has 1 aliphatic carbocycles. The van der Waals surface area contributed by atoms with Crippen molar-refractivity contribution in [1.82, 2.24) is 5.32 Å². The number of amides is 1. The summed E-state index contributed by atoms with van der Waals surface area (Å²) in [5.41, 5.74) is 2.68. The van der Waals surface area contributed by atoms with Gasteiger partial charge in [-0.05, 0) is 55.0 Å². The second-order valence-electron chi connectivity index (χ2n) is 6.18. The minimum absolute atomic E-state index is 0.159. The average molecular weight is 344 g/mol. The van der Waals surface area contributed by atoms with Gasteiger partial charge >= 0.3 is 0 Å². The Labute approximate surface area is 146 Å². The molecule has 4 heteroatoms. The van der Waals surface area contributed by atoms with Crippen LogP contribution in [0, 0.1) is 11.7 Å². The normalized spacial score (nSPS) is 15.9. The number of nitrogens with one attached hydrogen (secondary N) is 1. The summed E-state index contributed by atoms with van der Waals surface area (Å²) in [4.78, 5) is 12.4. The van der Waals surface area contributed by atoms with Crippen molar-refractivity contribution in [3.63, 3.8) is 0 Å². The number of hydrogen-bond donors (Lipinski definition) is 1. The van der Waals surface area contributed by atoms with Gasteiger partial charge in [0, 0.05) is 11.1 Å². The van der Waals surface area contributed by atoms with Crippen LogP contribution in [0.2, 0.25) is 5.02 Å². The van der Waals surface area contributed by atoms with Crippen LogP contribution in [0.3, 0.4) is 0 Å². The van der Waals surface area contributed by atoms with Crippen LogP contribution >= 0.6 is 11.6 Å². The van der Waals surface area contributed by atoms with Crippen LogP contribution in [0.25, 0.3) is 0 Å². The Morgan fingerprint density at radius 2 is 1.88 bits per heavy atom. The van der Waals surface area contributed by atoms with Crippen LogP contribution in [0.5, 0.6) is 0 Å². The van der Waals surface area contributed by atoms with E-state index in [-0.39, 0.29) is 11.7 Å². The van der Waals surface area contributed by atoms with Crippen molar-refractivity contribution < 1.29 is 9.18 Å². The molecule has 2 nitrogen and oxygen atoms in total. The van der Waals surface area contributed by atoms with Gasteiger partial charge in [-0.1, -0.05) is 47.5 Å². The fourth-order valence-electron chi connectivity index (χ4n) is 2.75. The summed E-state index contributed by atoms with van der Waals surface area (Å²) >= 11 is 6.31. The van der Waals surface area contributed by atoms with Gasteiger partial charge in [-0.15, -0.1) is 0 Å². The molecule has 1 aliphatic rings. The van der Waals surface area contributed by atoms with E-state index in [2.05, 4.69) is 5.32 Å². The molecule has 0 bridgehead atoms. The van der Waals surface area contributed by atoms with E-state index >= 15 is 0 Å². The molecule has 0 spiro atoms. The molecule has 1 saturated carbocycles. The molecule has 24 heavy (non-hydrogen) atoms. The fourth-order valence-corrected chi connectivity index (χ4v) is 3.00. The molecular formula is C20H19ClFNO. The molecule has 2 aromatic rings. The molecule has 1 N–H and O–H groups in total. The molecule has 124 valence electrons. The number of carbonyl (C=O) groups excluding carboxylic acids is 1. The molecule has 1 atom stereocenters. The van der Waals surface area contributed by atoms with Crippen LogP contribution in [0.4, 0.5) is 4.39 Å². The van der Waals surface area contributed by atoms with Crippen molar-refractivity contribution >= 4 is 17.5 Å². The number of carbonyl (C=O) groups is 1. The van der Waals surface area contributed by atoms with Gasteiger partial charge in [-0.3, -0.25) is 4.79 Å². The van der Waals surface area contributed by atoms with E-state index in [1.807, 2.05) is 25.1 Å². The van der Waals surface area contributed by atoms with Gasteiger partial charge in [-0.2, -0.15) is 0 Å². The highest BCUT2D eigenvalue weighted by Gasteiger charge is 2.24. The van der Waals surface area contributed by atoms with Crippen LogP contribution in [0.15, 0.2) is 60.2 Å². The Morgan fingerprint density at radius 3 is 2.50 bits per heavy atom. The fraction of sp³-hybridized carbons (Fsp3) is 0.250. The van der Waals surface area contributed by atoms with Crippen LogP contribution in [-0.2, 0) is 4.79 Å². The van der Waals surface area contributed by atoms with Crippen molar-refractivity contribution in [2.75, 3.05) is 0 Å². The summed E-state index contributed by atoms with van der Waals surface area (Å²) in [6.07, 6.45) is 3.97. The highest BCUT2D eigenvalue weighted by atomic mass is 35.5. The van der Waals surface area contributed by atoms with Crippen molar-refractivity contribution in [2.24, 2.45) is 5.92 Å². The Morgan fingerprint density at radius 1 is 1.21 bits per heavy atom. The number of rotatable bonds is 5. The second kappa shape index (κ2) is 7.18. The maximum atomic E-state index is 13.2. The SMILES string of the molecule is CC(=CC(=O)NC(c1ccc(F)cc1)c1ccccc1Cl)C1CC1. The lowest BCUT2D eigenvalue weighted by atomic mass is 9.98. The quantitative estimate of drug-likeness (QED) is 0.757. The lowest BCUT2D eigenvalue weighted by Gasteiger charge is -2.20. The molecule has 0 saturated heterocycles. The van der Waals surface area contributed by atoms with Crippen LogP contribution in [0.1, 0.15) is 36.9 Å². The third-order valence-corrected chi connectivity index (χ3v) is 4.63. The molecule has 1 unspecified atom stereocenters. The average Bonchev–Trinajstić information content (AvgIpc) is 3.39. The number of hydrogen-bond acceptors (Lipinski definition) is 1. The largest absolute Gasteiger partial charge is 0.342 e. The first-order chi connectivity index (χ1) is 11.5. The number of allylic oxidation sites excluding steroid dienone is 1. The van der Waals surface area contributed by atoms with E-state index in [4.69, 9.17) is 11.6 Å². The number of benzene rings is 2. The Hall–Kier alpha value is -2.13. The smallest absolute Gasteiger partial charge is 0.244 e. The summed E-state index contributed by atoms with van der Waals surface area (Å²) in [6, 6.07) is 13.0. The molecule has 2 aromatic carbocycles. The maximum Gasteiger partial charge on any atom is 0.244 e. The lowest BCUT2D eigenvalue weighted by molar-refractivity contribution is -0.117. The van der Waals surface area contributed by atoms with Gasteiger partial charge in [0.2, 0.25) is 5.91 Å². The second-order valence-corrected chi connectivity index (χ2v) is 6.58. The Balaban J connectivity index is 1.90. The van der Waals surface area contributed by atoms with Crippen molar-refractivity contribution in [2.45, 2.75) is 25.8 Å². The highest BCUT2D eigenvalue weighted by Crippen LogP contribution is 2.36. The molecule has 1 amide bonds. The lowest BCUT2D eigenvalue weighted by Crippen LogP contribution is -2.28. The van der Waals surface area contributed by atoms with E-state index in [1.165, 1.54) is 12.1 Å². The van der Waals surface area contributed by atoms with Crippen LogP contribution in [-0.4, -0.2) is 5.91 Å². The minimum atomic E-state index is -0.421. The number of halogens is 2. The summed E-state index contributed by atoms with van der Waals surface area (Å²) in [5.74, 6) is 0.0708. The zero-order chi connectivity index (χ0) is 17.1. The molecule has 0 aliphatic heterocycles. The summed E-state index contributed by atoms with van der Waals surface area (Å²) in [5, 5.41) is 3.57. The Kier molecular flexibility index (Phi) is 5.00. The van der Waals surface area contributed by atoms with Gasteiger partial charge in [-0.25, -0.2) is 4.39 Å². The van der Waals surface area contributed by atoms with E-state index in [9.17, 15) is 9.18 Å². The molecule has 1 fully saturated rings. The zero-order valence-corrected chi connectivity index (χ0v) is 14.2. The van der Waals surface area contributed by atoms with E-state index in [1.54, 1.807) is 24.3 Å². The molecule has 3 rings (SSSR count). The zero-order valence-electron chi connectivity index (χ0n) is 13.4. The van der Waals surface area contributed by atoms with Crippen molar-refractivity contribution in [3.8, 4) is 0 Å². The molecule has 0 radical (unpaired) electrons. The third kappa shape index (κ3) is 4.04. The maximum absolute atomic E-state index is 13.2. The third-order valence-electron chi connectivity index (χ3n) is 4.29. The summed E-state index contributed by atoms with van der Waals surface area (Å²) in [7, 11) is 0. The van der Waals surface area contributed by atoms with E-state index < -0.39 is 6.04 Å². The highest BCUT2D eigenvalue weighted by molar-refractivity contribution is 6.31. The predicted molar refractivity (Wildman–Crippen MR) is 94.3 cm³/mol. The summed E-state index contributed by atoms with van der Waals surface area (Å²) in [6.45, 7) is 1.99. The molecule has 0 aromatic heterocycles. The first-order valence-electron chi connectivity index (χ1n) is 8.03. The topological polar surface area (TPSA) is 29.1 Å². The van der Waals surface area contributed by atoms with Crippen LogP contribution < -0.4 is 5.32 Å². The minimum Gasteiger partial charge on any atom is -0.342 e. The Bertz CT molecular complexity index is 765. The van der Waals surface area contributed by atoms with Gasteiger partial charge in [0.15, 0.2) is 0 Å².